The van der Waals surface area contributed by atoms with E-state index in [1.54, 1.807) is 0 Å². The molecule has 0 radical (unpaired) electrons. The molecule has 0 rings (SSSR count). The summed E-state index contributed by atoms with van der Waals surface area (Å²) in [5.74, 6) is -8.12. The number of carboxylic acid groups (broad SMARTS) is 2. The fourth-order valence-electron chi connectivity index (χ4n) is 2.26. The van der Waals surface area contributed by atoms with Crippen molar-refractivity contribution in [3.05, 3.63) is 0 Å². The van der Waals surface area contributed by atoms with Gasteiger partial charge in [0.2, 0.25) is 29.5 Å². The Kier molecular flexibility index (Phi) is 12.3. The molecule has 0 heterocycles. The van der Waals surface area contributed by atoms with Gasteiger partial charge in [0, 0.05) is 12.2 Å². The van der Waals surface area contributed by atoms with Gasteiger partial charge in [-0.1, -0.05) is 0 Å². The van der Waals surface area contributed by atoms with Crippen LogP contribution in [0.3, 0.4) is 0 Å². The number of nitrogens with two attached hydrogens (primary N) is 3. The lowest BCUT2D eigenvalue weighted by atomic mass is 10.1. The Bertz CT molecular complexity index is 762. The summed E-state index contributed by atoms with van der Waals surface area (Å²) in [5, 5.41) is 24.3. The third kappa shape index (κ3) is 11.1. The van der Waals surface area contributed by atoms with Crippen LogP contribution in [0.2, 0.25) is 0 Å². The van der Waals surface area contributed by atoms with E-state index >= 15 is 0 Å². The normalized spacial score (nSPS) is 14.2. The van der Waals surface area contributed by atoms with Crippen molar-refractivity contribution in [3.63, 3.8) is 0 Å². The van der Waals surface area contributed by atoms with E-state index in [2.05, 4.69) is 23.3 Å². The van der Waals surface area contributed by atoms with Crippen molar-refractivity contribution < 1.29 is 43.8 Å². The topological polar surface area (TPSA) is 274 Å². The second-order valence-corrected chi connectivity index (χ2v) is 6.95. The summed E-state index contributed by atoms with van der Waals surface area (Å²) in [6.45, 7) is 0. The Balaban J connectivity index is 5.51. The summed E-state index contributed by atoms with van der Waals surface area (Å²) in [5.41, 5.74) is 15.4. The van der Waals surface area contributed by atoms with Crippen molar-refractivity contribution in [2.45, 2.75) is 49.9 Å². The zero-order chi connectivity index (χ0) is 25.0. The lowest BCUT2D eigenvalue weighted by Crippen LogP contribution is -2.58. The van der Waals surface area contributed by atoms with Gasteiger partial charge in [-0.2, -0.15) is 12.6 Å². The third-order valence-corrected chi connectivity index (χ3v) is 4.24. The minimum Gasteiger partial charge on any atom is -0.481 e. The molecule has 0 saturated heterocycles. The molecule has 15 nitrogen and oxygen atoms in total. The van der Waals surface area contributed by atoms with Crippen LogP contribution in [-0.4, -0.2) is 81.6 Å². The molecule has 16 heteroatoms. The van der Waals surface area contributed by atoms with E-state index in [9.17, 15) is 33.6 Å². The maximum atomic E-state index is 12.6. The van der Waals surface area contributed by atoms with E-state index in [0.29, 0.717) is 0 Å². The van der Waals surface area contributed by atoms with Gasteiger partial charge in [0.05, 0.1) is 18.9 Å². The zero-order valence-electron chi connectivity index (χ0n) is 16.8. The Morgan fingerprint density at radius 3 is 1.69 bits per heavy atom. The molecule has 5 amide bonds. The van der Waals surface area contributed by atoms with E-state index in [-0.39, 0.29) is 18.6 Å². The van der Waals surface area contributed by atoms with Gasteiger partial charge in [0.15, 0.2) is 0 Å². The number of aliphatic carboxylic acids is 2. The molecule has 0 aromatic heterocycles. The molecule has 0 fully saturated rings. The molecule has 32 heavy (non-hydrogen) atoms. The van der Waals surface area contributed by atoms with Crippen molar-refractivity contribution >= 4 is 54.1 Å². The second kappa shape index (κ2) is 13.8. The van der Waals surface area contributed by atoms with Gasteiger partial charge < -0.3 is 43.4 Å². The molecule has 0 bridgehead atoms. The fourth-order valence-corrected chi connectivity index (χ4v) is 2.51. The summed E-state index contributed by atoms with van der Waals surface area (Å²) in [6, 6.07) is -6.09. The van der Waals surface area contributed by atoms with Crippen LogP contribution in [0, 0.1) is 0 Å². The van der Waals surface area contributed by atoms with E-state index in [1.165, 1.54) is 0 Å². The highest BCUT2D eigenvalue weighted by Gasteiger charge is 2.31. The first-order valence-corrected chi connectivity index (χ1v) is 9.70. The summed E-state index contributed by atoms with van der Waals surface area (Å²) < 4.78 is 0. The highest BCUT2D eigenvalue weighted by Crippen LogP contribution is 2.03. The molecule has 0 aliphatic rings. The number of carboxylic acids is 2. The Hall–Kier alpha value is -3.40. The van der Waals surface area contributed by atoms with E-state index < -0.39 is 78.5 Å². The highest BCUT2D eigenvalue weighted by atomic mass is 32.1. The molecule has 0 aromatic carbocycles. The van der Waals surface area contributed by atoms with E-state index in [1.807, 2.05) is 5.32 Å². The van der Waals surface area contributed by atoms with E-state index in [4.69, 9.17) is 27.4 Å². The first-order valence-electron chi connectivity index (χ1n) is 9.07. The molecule has 4 atom stereocenters. The van der Waals surface area contributed by atoms with Crippen molar-refractivity contribution in [1.82, 2.24) is 16.0 Å². The number of carbonyl (C=O) groups is 7. The lowest BCUT2D eigenvalue weighted by molar-refractivity contribution is -0.143. The van der Waals surface area contributed by atoms with Crippen LogP contribution in [0.25, 0.3) is 0 Å². The van der Waals surface area contributed by atoms with Crippen molar-refractivity contribution in [3.8, 4) is 0 Å². The van der Waals surface area contributed by atoms with Gasteiger partial charge in [0.1, 0.15) is 18.1 Å². The molecule has 4 unspecified atom stereocenters. The Labute approximate surface area is 187 Å². The van der Waals surface area contributed by atoms with Crippen molar-refractivity contribution in [2.75, 3.05) is 5.75 Å². The standard InChI is InChI=1S/C16H26N6O9S/c17-6(3-11(19)24)13(27)21-8(4-12(25)26)15(29)20-7(1-2-10(18)23)14(28)22-9(5-32)16(30)31/h6-9,32H,1-5,17H2,(H2,18,23)(H2,19,24)(H,20,29)(H,21,27)(H,22,28)(H,25,26)(H,30,31). The van der Waals surface area contributed by atoms with Gasteiger partial charge in [-0.05, 0) is 6.42 Å². The van der Waals surface area contributed by atoms with Gasteiger partial charge in [-0.25, -0.2) is 4.79 Å². The smallest absolute Gasteiger partial charge is 0.327 e. The zero-order valence-corrected chi connectivity index (χ0v) is 17.7. The van der Waals surface area contributed by atoms with Gasteiger partial charge in [-0.15, -0.1) is 0 Å². The average molecular weight is 478 g/mol. The first kappa shape index (κ1) is 28.6. The molecule has 0 spiro atoms. The van der Waals surface area contributed by atoms with Crippen LogP contribution < -0.4 is 33.2 Å². The fraction of sp³-hybridized carbons (Fsp3) is 0.562. The van der Waals surface area contributed by atoms with Crippen LogP contribution in [0.15, 0.2) is 0 Å². The van der Waals surface area contributed by atoms with Gasteiger partial charge in [-0.3, -0.25) is 28.8 Å². The molecule has 11 N–H and O–H groups in total. The van der Waals surface area contributed by atoms with Crippen LogP contribution in [0.5, 0.6) is 0 Å². The number of hydrogen-bond donors (Lipinski definition) is 9. The summed E-state index contributed by atoms with van der Waals surface area (Å²) in [6.07, 6.45) is -2.21. The van der Waals surface area contributed by atoms with Crippen LogP contribution in [-0.2, 0) is 33.6 Å². The lowest BCUT2D eigenvalue weighted by Gasteiger charge is -2.24. The predicted octanol–water partition coefficient (Wildman–Crippen LogP) is -4.60. The summed E-state index contributed by atoms with van der Waals surface area (Å²) in [4.78, 5) is 81.1. The maximum absolute atomic E-state index is 12.6. The maximum Gasteiger partial charge on any atom is 0.327 e. The summed E-state index contributed by atoms with van der Waals surface area (Å²) >= 11 is 3.79. The number of rotatable bonds is 15. The predicted molar refractivity (Wildman–Crippen MR) is 110 cm³/mol. The molecule has 0 saturated carbocycles. The van der Waals surface area contributed by atoms with Crippen LogP contribution in [0.4, 0.5) is 0 Å². The van der Waals surface area contributed by atoms with Crippen LogP contribution >= 0.6 is 12.6 Å². The molecule has 0 aromatic rings. The van der Waals surface area contributed by atoms with Crippen molar-refractivity contribution in [2.24, 2.45) is 17.2 Å². The Morgan fingerprint density at radius 1 is 0.750 bits per heavy atom. The van der Waals surface area contributed by atoms with Crippen molar-refractivity contribution in [1.29, 1.82) is 0 Å². The number of carbonyl (C=O) groups excluding carboxylic acids is 5. The summed E-state index contributed by atoms with van der Waals surface area (Å²) in [7, 11) is 0. The molecular formula is C16H26N6O9S. The minimum atomic E-state index is -1.72. The van der Waals surface area contributed by atoms with Gasteiger partial charge >= 0.3 is 11.9 Å². The third-order valence-electron chi connectivity index (χ3n) is 3.88. The molecule has 0 aliphatic carbocycles. The van der Waals surface area contributed by atoms with Gasteiger partial charge in [0.25, 0.3) is 0 Å². The highest BCUT2D eigenvalue weighted by molar-refractivity contribution is 7.80. The number of nitrogens with one attached hydrogen (secondary N) is 3. The second-order valence-electron chi connectivity index (χ2n) is 6.58. The number of primary amides is 2. The quantitative estimate of drug-likeness (QED) is 0.102. The first-order chi connectivity index (χ1) is 14.8. The Morgan fingerprint density at radius 2 is 1.25 bits per heavy atom. The average Bonchev–Trinajstić information content (AvgIpc) is 2.66. The SMILES string of the molecule is NC(=O)CCC(NC(=O)C(CC(=O)O)NC(=O)C(N)CC(N)=O)C(=O)NC(CS)C(=O)O. The largest absolute Gasteiger partial charge is 0.481 e. The number of amides is 5. The van der Waals surface area contributed by atoms with E-state index in [0.717, 1.165) is 0 Å². The molecule has 180 valence electrons. The monoisotopic (exact) mass is 478 g/mol. The van der Waals surface area contributed by atoms with Crippen LogP contribution in [0.1, 0.15) is 25.7 Å². The number of thiol groups is 1. The number of hydrogen-bond acceptors (Lipinski definition) is 9. The molecule has 0 aliphatic heterocycles. The molecular weight excluding hydrogens is 452 g/mol. The minimum absolute atomic E-state index is 0.285.